The third kappa shape index (κ3) is 3.85. The first kappa shape index (κ1) is 15.4. The Labute approximate surface area is 137 Å². The van der Waals surface area contributed by atoms with Crippen molar-refractivity contribution in [3.8, 4) is 11.3 Å². The highest BCUT2D eigenvalue weighted by atomic mass is 15.5. The average Bonchev–Trinajstić information content (AvgIpc) is 2.98. The topological polar surface area (TPSA) is 42.7 Å². The van der Waals surface area contributed by atoms with E-state index in [1.165, 1.54) is 11.1 Å². The lowest BCUT2D eigenvalue weighted by Crippen LogP contribution is -2.13. The van der Waals surface area contributed by atoms with Gasteiger partial charge in [-0.1, -0.05) is 67.1 Å². The largest absolute Gasteiger partial charge is 0.311 e. The van der Waals surface area contributed by atoms with E-state index in [2.05, 4.69) is 60.7 Å². The van der Waals surface area contributed by atoms with E-state index < -0.39 is 0 Å². The fraction of sp³-hybridized carbons (Fsp3) is 0.263. The van der Waals surface area contributed by atoms with Crippen molar-refractivity contribution in [3.63, 3.8) is 0 Å². The van der Waals surface area contributed by atoms with Crippen molar-refractivity contribution in [2.24, 2.45) is 0 Å². The van der Waals surface area contributed by atoms with E-state index in [0.29, 0.717) is 6.54 Å². The van der Waals surface area contributed by atoms with Crippen LogP contribution in [0.4, 0.5) is 0 Å². The molecule has 118 valence electrons. The SMILES string of the molecule is CCNCc1nn(Cc2ccc(C)cc2)nc1-c1ccccc1. The quantitative estimate of drug-likeness (QED) is 0.759. The smallest absolute Gasteiger partial charge is 0.117 e. The molecule has 4 heteroatoms. The van der Waals surface area contributed by atoms with Gasteiger partial charge in [0.15, 0.2) is 0 Å². The Morgan fingerprint density at radius 2 is 1.70 bits per heavy atom. The Morgan fingerprint density at radius 3 is 2.39 bits per heavy atom. The van der Waals surface area contributed by atoms with Gasteiger partial charge in [0.1, 0.15) is 11.4 Å². The van der Waals surface area contributed by atoms with Crippen LogP contribution in [0.15, 0.2) is 54.6 Å². The number of hydrogen-bond donors (Lipinski definition) is 1. The standard InChI is InChI=1S/C19H22N4/c1-3-20-13-18-19(17-7-5-4-6-8-17)22-23(21-18)14-16-11-9-15(2)10-12-16/h4-12,20H,3,13-14H2,1-2H3. The molecule has 0 bridgehead atoms. The minimum Gasteiger partial charge on any atom is -0.311 e. The molecule has 0 saturated carbocycles. The van der Waals surface area contributed by atoms with Crippen molar-refractivity contribution in [3.05, 3.63) is 71.4 Å². The molecule has 1 aromatic heterocycles. The molecule has 4 nitrogen and oxygen atoms in total. The molecule has 0 aliphatic rings. The van der Waals surface area contributed by atoms with Crippen molar-refractivity contribution in [1.82, 2.24) is 20.3 Å². The molecule has 1 N–H and O–H groups in total. The van der Waals surface area contributed by atoms with Gasteiger partial charge in [-0.25, -0.2) is 0 Å². The molecule has 0 spiro atoms. The van der Waals surface area contributed by atoms with Crippen LogP contribution in [0.5, 0.6) is 0 Å². The Bertz CT molecular complexity index is 745. The molecule has 3 aromatic rings. The molecule has 23 heavy (non-hydrogen) atoms. The summed E-state index contributed by atoms with van der Waals surface area (Å²) < 4.78 is 0. The molecule has 0 aliphatic heterocycles. The average molecular weight is 306 g/mol. The van der Waals surface area contributed by atoms with Crippen molar-refractivity contribution >= 4 is 0 Å². The van der Waals surface area contributed by atoms with Crippen LogP contribution in [0.25, 0.3) is 11.3 Å². The second-order valence-electron chi connectivity index (χ2n) is 5.66. The van der Waals surface area contributed by atoms with Gasteiger partial charge in [0, 0.05) is 12.1 Å². The summed E-state index contributed by atoms with van der Waals surface area (Å²) in [5.41, 5.74) is 5.53. The lowest BCUT2D eigenvalue weighted by molar-refractivity contribution is 0.579. The first-order valence-electron chi connectivity index (χ1n) is 8.02. The van der Waals surface area contributed by atoms with Crippen molar-refractivity contribution < 1.29 is 0 Å². The van der Waals surface area contributed by atoms with Gasteiger partial charge in [0.05, 0.1) is 6.54 Å². The van der Waals surface area contributed by atoms with Crippen LogP contribution in [0.1, 0.15) is 23.7 Å². The van der Waals surface area contributed by atoms with Crippen LogP contribution in [0.3, 0.4) is 0 Å². The normalized spacial score (nSPS) is 10.9. The molecular formula is C19H22N4. The van der Waals surface area contributed by atoms with Gasteiger partial charge in [-0.3, -0.25) is 0 Å². The van der Waals surface area contributed by atoms with Gasteiger partial charge >= 0.3 is 0 Å². The number of nitrogens with zero attached hydrogens (tertiary/aromatic N) is 3. The number of rotatable bonds is 6. The fourth-order valence-corrected chi connectivity index (χ4v) is 2.49. The first-order valence-corrected chi connectivity index (χ1v) is 8.02. The molecule has 0 radical (unpaired) electrons. The lowest BCUT2D eigenvalue weighted by Gasteiger charge is -2.01. The van der Waals surface area contributed by atoms with Crippen LogP contribution in [-0.4, -0.2) is 21.5 Å². The van der Waals surface area contributed by atoms with Crippen molar-refractivity contribution in [2.75, 3.05) is 6.54 Å². The monoisotopic (exact) mass is 306 g/mol. The minimum atomic E-state index is 0.687. The predicted molar refractivity (Wildman–Crippen MR) is 93.1 cm³/mol. The number of aryl methyl sites for hydroxylation is 1. The zero-order chi connectivity index (χ0) is 16.1. The molecule has 3 rings (SSSR count). The van der Waals surface area contributed by atoms with Crippen LogP contribution in [-0.2, 0) is 13.1 Å². The third-order valence-electron chi connectivity index (χ3n) is 3.76. The third-order valence-corrected chi connectivity index (χ3v) is 3.76. The molecule has 1 heterocycles. The van der Waals surface area contributed by atoms with Gasteiger partial charge < -0.3 is 5.32 Å². The van der Waals surface area contributed by atoms with Crippen LogP contribution < -0.4 is 5.32 Å². The van der Waals surface area contributed by atoms with Gasteiger partial charge in [-0.05, 0) is 19.0 Å². The van der Waals surface area contributed by atoms with Crippen molar-refractivity contribution in [1.29, 1.82) is 0 Å². The summed E-state index contributed by atoms with van der Waals surface area (Å²) in [5.74, 6) is 0. The van der Waals surface area contributed by atoms with Crippen LogP contribution in [0.2, 0.25) is 0 Å². The predicted octanol–water partition coefficient (Wildman–Crippen LogP) is 3.41. The molecular weight excluding hydrogens is 284 g/mol. The Hall–Kier alpha value is -2.46. The summed E-state index contributed by atoms with van der Waals surface area (Å²) in [6, 6.07) is 18.7. The zero-order valence-electron chi connectivity index (χ0n) is 13.7. The molecule has 2 aromatic carbocycles. The second kappa shape index (κ2) is 7.20. The lowest BCUT2D eigenvalue weighted by atomic mass is 10.1. The maximum absolute atomic E-state index is 4.72. The summed E-state index contributed by atoms with van der Waals surface area (Å²) >= 11 is 0. The maximum Gasteiger partial charge on any atom is 0.117 e. The van der Waals surface area contributed by atoms with Gasteiger partial charge in [0.2, 0.25) is 0 Å². The Morgan fingerprint density at radius 1 is 0.957 bits per heavy atom. The van der Waals surface area contributed by atoms with Gasteiger partial charge in [-0.15, -0.1) is 0 Å². The fourth-order valence-electron chi connectivity index (χ4n) is 2.49. The molecule has 0 saturated heterocycles. The second-order valence-corrected chi connectivity index (χ2v) is 5.66. The highest BCUT2D eigenvalue weighted by Gasteiger charge is 2.12. The number of nitrogens with one attached hydrogen (secondary N) is 1. The molecule has 0 atom stereocenters. The van der Waals surface area contributed by atoms with E-state index >= 15 is 0 Å². The first-order chi connectivity index (χ1) is 11.3. The zero-order valence-corrected chi connectivity index (χ0v) is 13.7. The summed E-state index contributed by atoms with van der Waals surface area (Å²) in [6.45, 7) is 6.52. The summed E-state index contributed by atoms with van der Waals surface area (Å²) in [4.78, 5) is 1.79. The Balaban J connectivity index is 1.89. The van der Waals surface area contributed by atoms with E-state index in [4.69, 9.17) is 5.10 Å². The number of aromatic nitrogens is 3. The van der Waals surface area contributed by atoms with E-state index in [0.717, 1.165) is 30.0 Å². The molecule has 0 amide bonds. The number of benzene rings is 2. The molecule has 0 aliphatic carbocycles. The Kier molecular flexibility index (Phi) is 4.83. The summed E-state index contributed by atoms with van der Waals surface area (Å²) in [6.07, 6.45) is 0. The van der Waals surface area contributed by atoms with E-state index in [1.807, 2.05) is 18.2 Å². The van der Waals surface area contributed by atoms with E-state index in [9.17, 15) is 0 Å². The maximum atomic E-state index is 4.72. The van der Waals surface area contributed by atoms with Crippen LogP contribution >= 0.6 is 0 Å². The van der Waals surface area contributed by atoms with Gasteiger partial charge in [0.25, 0.3) is 0 Å². The summed E-state index contributed by atoms with van der Waals surface area (Å²) in [5, 5.41) is 12.7. The van der Waals surface area contributed by atoms with Crippen molar-refractivity contribution in [2.45, 2.75) is 26.9 Å². The van der Waals surface area contributed by atoms with E-state index in [1.54, 1.807) is 4.80 Å². The highest BCUT2D eigenvalue weighted by Crippen LogP contribution is 2.20. The molecule has 0 fully saturated rings. The molecule has 0 unspecified atom stereocenters. The summed E-state index contributed by atoms with van der Waals surface area (Å²) in [7, 11) is 0. The van der Waals surface area contributed by atoms with Gasteiger partial charge in [-0.2, -0.15) is 15.0 Å². The van der Waals surface area contributed by atoms with E-state index in [-0.39, 0.29) is 0 Å². The number of hydrogen-bond acceptors (Lipinski definition) is 3. The highest BCUT2D eigenvalue weighted by molar-refractivity contribution is 5.60. The minimum absolute atomic E-state index is 0.687. The van der Waals surface area contributed by atoms with Crippen LogP contribution in [0, 0.1) is 6.92 Å².